The fraction of sp³-hybridized carbons (Fsp3) is 1.00. The topological polar surface area (TPSA) is 12.0 Å². The Hall–Kier alpha value is 0.250. The predicted octanol–water partition coefficient (Wildman–Crippen LogP) is 1.96. The lowest BCUT2D eigenvalue weighted by atomic mass is 10.1. The van der Waals surface area contributed by atoms with Gasteiger partial charge < -0.3 is 5.32 Å². The van der Waals surface area contributed by atoms with Crippen molar-refractivity contribution >= 4 is 12.4 Å². The number of rotatable bonds is 2. The lowest BCUT2D eigenvalue weighted by Crippen LogP contribution is -2.20. The summed E-state index contributed by atoms with van der Waals surface area (Å²) >= 11 is 0. The van der Waals surface area contributed by atoms with Gasteiger partial charge in [0.1, 0.15) is 0 Å². The van der Waals surface area contributed by atoms with E-state index in [0.29, 0.717) is 0 Å². The lowest BCUT2D eigenvalue weighted by Gasteiger charge is -2.05. The Morgan fingerprint density at radius 3 is 2.78 bits per heavy atom. The van der Waals surface area contributed by atoms with E-state index in [1.807, 2.05) is 0 Å². The molecule has 0 bridgehead atoms. The zero-order valence-corrected chi connectivity index (χ0v) is 6.84. The van der Waals surface area contributed by atoms with Crippen LogP contribution in [0.3, 0.4) is 0 Å². The van der Waals surface area contributed by atoms with E-state index >= 15 is 0 Å². The Bertz CT molecular complexity index is 59.9. The number of hydrogen-bond acceptors (Lipinski definition) is 1. The fourth-order valence-electron chi connectivity index (χ4n) is 1.35. The molecule has 1 fully saturated rings. The molecule has 0 aromatic rings. The molecule has 0 aromatic heterocycles. The molecule has 1 aliphatic rings. The lowest BCUT2D eigenvalue weighted by molar-refractivity contribution is 0.551. The first kappa shape index (κ1) is 9.25. The molecule has 0 radical (unpaired) electrons. The zero-order chi connectivity index (χ0) is 5.82. The second-order valence-corrected chi connectivity index (χ2v) is 2.58. The quantitative estimate of drug-likeness (QED) is 0.633. The molecule has 2 heteroatoms. The van der Waals surface area contributed by atoms with Crippen molar-refractivity contribution in [3.05, 3.63) is 0 Å². The van der Waals surface area contributed by atoms with E-state index in [1.54, 1.807) is 0 Å². The highest BCUT2D eigenvalue weighted by atomic mass is 35.5. The van der Waals surface area contributed by atoms with Crippen molar-refractivity contribution in [2.45, 2.75) is 38.6 Å². The van der Waals surface area contributed by atoms with E-state index in [4.69, 9.17) is 0 Å². The van der Waals surface area contributed by atoms with Crippen LogP contribution in [0, 0.1) is 0 Å². The van der Waals surface area contributed by atoms with Gasteiger partial charge in [-0.2, -0.15) is 0 Å². The summed E-state index contributed by atoms with van der Waals surface area (Å²) in [7, 11) is 0. The molecular weight excluding hydrogens is 134 g/mol. The van der Waals surface area contributed by atoms with Crippen molar-refractivity contribution in [1.29, 1.82) is 0 Å². The van der Waals surface area contributed by atoms with Gasteiger partial charge in [0.05, 0.1) is 0 Å². The van der Waals surface area contributed by atoms with Gasteiger partial charge in [0.25, 0.3) is 0 Å². The van der Waals surface area contributed by atoms with E-state index in [9.17, 15) is 0 Å². The molecular formula is C7H16ClN. The van der Waals surface area contributed by atoms with Crippen LogP contribution >= 0.6 is 12.4 Å². The molecule has 1 N–H and O–H groups in total. The minimum atomic E-state index is 0. The molecule has 0 spiro atoms. The predicted molar refractivity (Wildman–Crippen MR) is 43.2 cm³/mol. The summed E-state index contributed by atoms with van der Waals surface area (Å²) in [5.74, 6) is 0. The van der Waals surface area contributed by atoms with Crippen LogP contribution in [-0.2, 0) is 0 Å². The highest BCUT2D eigenvalue weighted by Gasteiger charge is 2.11. The largest absolute Gasteiger partial charge is 0.314 e. The van der Waals surface area contributed by atoms with E-state index in [2.05, 4.69) is 12.2 Å². The van der Waals surface area contributed by atoms with E-state index in [-0.39, 0.29) is 12.4 Å². The van der Waals surface area contributed by atoms with Gasteiger partial charge in [-0.3, -0.25) is 0 Å². The molecule has 1 unspecified atom stereocenters. The van der Waals surface area contributed by atoms with Crippen LogP contribution in [0.2, 0.25) is 0 Å². The molecule has 1 saturated heterocycles. The number of nitrogens with one attached hydrogen (secondary N) is 1. The van der Waals surface area contributed by atoms with Crippen LogP contribution in [0.4, 0.5) is 0 Å². The average molecular weight is 150 g/mol. The standard InChI is InChI=1S/C7H15N.ClH/c1-2-4-7-5-3-6-8-7;/h7-8H,2-6H2,1H3;1H. The van der Waals surface area contributed by atoms with Gasteiger partial charge in [0.2, 0.25) is 0 Å². The van der Waals surface area contributed by atoms with Crippen LogP contribution in [-0.4, -0.2) is 12.6 Å². The molecule has 1 heterocycles. The summed E-state index contributed by atoms with van der Waals surface area (Å²) in [6.45, 7) is 3.50. The highest BCUT2D eigenvalue weighted by Crippen LogP contribution is 2.09. The molecule has 1 aliphatic heterocycles. The first-order chi connectivity index (χ1) is 3.93. The second kappa shape index (κ2) is 5.07. The van der Waals surface area contributed by atoms with Crippen LogP contribution in [0.1, 0.15) is 32.6 Å². The molecule has 1 atom stereocenters. The summed E-state index contributed by atoms with van der Waals surface area (Å²) in [6, 6.07) is 0.861. The molecule has 0 amide bonds. The van der Waals surface area contributed by atoms with Crippen LogP contribution in [0.5, 0.6) is 0 Å². The molecule has 0 saturated carbocycles. The maximum Gasteiger partial charge on any atom is 0.00674 e. The maximum absolute atomic E-state index is 3.46. The summed E-state index contributed by atoms with van der Waals surface area (Å²) in [5, 5.41) is 3.46. The van der Waals surface area contributed by atoms with E-state index < -0.39 is 0 Å². The number of halogens is 1. The summed E-state index contributed by atoms with van der Waals surface area (Å²) in [4.78, 5) is 0. The Morgan fingerprint density at radius 2 is 2.33 bits per heavy atom. The molecule has 1 nitrogen and oxygen atoms in total. The summed E-state index contributed by atoms with van der Waals surface area (Å²) < 4.78 is 0. The Morgan fingerprint density at radius 1 is 1.56 bits per heavy atom. The van der Waals surface area contributed by atoms with Crippen molar-refractivity contribution < 1.29 is 0 Å². The summed E-state index contributed by atoms with van der Waals surface area (Å²) in [5.41, 5.74) is 0. The maximum atomic E-state index is 3.46. The molecule has 0 aromatic carbocycles. The monoisotopic (exact) mass is 149 g/mol. The van der Waals surface area contributed by atoms with Crippen molar-refractivity contribution in [3.8, 4) is 0 Å². The van der Waals surface area contributed by atoms with Gasteiger partial charge >= 0.3 is 0 Å². The second-order valence-electron chi connectivity index (χ2n) is 2.58. The van der Waals surface area contributed by atoms with Crippen molar-refractivity contribution in [1.82, 2.24) is 5.32 Å². The smallest absolute Gasteiger partial charge is 0.00674 e. The van der Waals surface area contributed by atoms with Crippen molar-refractivity contribution in [3.63, 3.8) is 0 Å². The van der Waals surface area contributed by atoms with Crippen LogP contribution in [0.15, 0.2) is 0 Å². The van der Waals surface area contributed by atoms with Gasteiger partial charge in [0.15, 0.2) is 0 Å². The summed E-state index contributed by atoms with van der Waals surface area (Å²) in [6.07, 6.45) is 5.51. The SMILES string of the molecule is CCCC1CCCN1.Cl. The highest BCUT2D eigenvalue weighted by molar-refractivity contribution is 5.85. The minimum Gasteiger partial charge on any atom is -0.314 e. The van der Waals surface area contributed by atoms with E-state index in [1.165, 1.54) is 32.2 Å². The third-order valence-electron chi connectivity index (χ3n) is 1.80. The van der Waals surface area contributed by atoms with E-state index in [0.717, 1.165) is 6.04 Å². The van der Waals surface area contributed by atoms with Gasteiger partial charge in [-0.05, 0) is 25.8 Å². The van der Waals surface area contributed by atoms with Crippen LogP contribution < -0.4 is 5.32 Å². The van der Waals surface area contributed by atoms with Gasteiger partial charge in [0, 0.05) is 6.04 Å². The molecule has 0 aliphatic carbocycles. The fourth-order valence-corrected chi connectivity index (χ4v) is 1.35. The molecule has 9 heavy (non-hydrogen) atoms. The van der Waals surface area contributed by atoms with Gasteiger partial charge in [-0.25, -0.2) is 0 Å². The normalized spacial score (nSPS) is 25.7. The third kappa shape index (κ3) is 3.07. The molecule has 1 rings (SSSR count). The van der Waals surface area contributed by atoms with Crippen molar-refractivity contribution in [2.75, 3.05) is 6.54 Å². The Balaban J connectivity index is 0.000000640. The van der Waals surface area contributed by atoms with Crippen LogP contribution in [0.25, 0.3) is 0 Å². The first-order valence-electron chi connectivity index (χ1n) is 3.67. The number of hydrogen-bond donors (Lipinski definition) is 1. The zero-order valence-electron chi connectivity index (χ0n) is 6.02. The van der Waals surface area contributed by atoms with Gasteiger partial charge in [-0.15, -0.1) is 12.4 Å². The Kier molecular flexibility index (Phi) is 5.21. The molecule has 56 valence electrons. The average Bonchev–Trinajstić information content (AvgIpc) is 2.19. The van der Waals surface area contributed by atoms with Gasteiger partial charge in [-0.1, -0.05) is 13.3 Å². The minimum absolute atomic E-state index is 0. The first-order valence-corrected chi connectivity index (χ1v) is 3.67. The van der Waals surface area contributed by atoms with Crippen molar-refractivity contribution in [2.24, 2.45) is 0 Å². The Labute approximate surface area is 63.6 Å². The third-order valence-corrected chi connectivity index (χ3v) is 1.80.